The van der Waals surface area contributed by atoms with Crippen LogP contribution in [0.25, 0.3) is 0 Å². The van der Waals surface area contributed by atoms with E-state index >= 15 is 0 Å². The van der Waals surface area contributed by atoms with Crippen LogP contribution >= 0.6 is 0 Å². The molecule has 0 amide bonds. The monoisotopic (exact) mass is 323 g/mol. The van der Waals surface area contributed by atoms with E-state index in [4.69, 9.17) is 4.52 Å². The van der Waals surface area contributed by atoms with E-state index < -0.39 is 10.0 Å². The molecule has 0 aliphatic heterocycles. The summed E-state index contributed by atoms with van der Waals surface area (Å²) in [5.41, 5.74) is 1.78. The lowest BCUT2D eigenvalue weighted by Gasteiger charge is -2.14. The molecule has 7 heteroatoms. The fraction of sp³-hybridized carbons (Fsp3) is 0.400. The number of hydrogen-bond acceptors (Lipinski definition) is 5. The van der Waals surface area contributed by atoms with E-state index in [2.05, 4.69) is 15.2 Å². The lowest BCUT2D eigenvalue weighted by molar-refractivity contribution is 0.390. The van der Waals surface area contributed by atoms with Gasteiger partial charge in [-0.05, 0) is 25.5 Å². The number of nitrogens with one attached hydrogen (secondary N) is 2. The first-order valence-electron chi connectivity index (χ1n) is 7.08. The number of sulfonamides is 1. The van der Waals surface area contributed by atoms with Crippen molar-refractivity contribution in [2.24, 2.45) is 0 Å². The third-order valence-corrected chi connectivity index (χ3v) is 4.81. The number of rotatable bonds is 6. The Hall–Kier alpha value is -1.86. The minimum atomic E-state index is -3.73. The van der Waals surface area contributed by atoms with Crippen molar-refractivity contribution in [1.29, 1.82) is 0 Å². The molecule has 1 aromatic heterocycles. The van der Waals surface area contributed by atoms with E-state index in [0.29, 0.717) is 24.0 Å². The van der Waals surface area contributed by atoms with Crippen molar-refractivity contribution in [3.8, 4) is 0 Å². The fourth-order valence-electron chi connectivity index (χ4n) is 2.14. The Morgan fingerprint density at radius 2 is 1.91 bits per heavy atom. The molecule has 0 atom stereocenters. The van der Waals surface area contributed by atoms with Gasteiger partial charge in [0.15, 0.2) is 10.7 Å². The average molecular weight is 323 g/mol. The minimum Gasteiger partial charge on any atom is -0.360 e. The van der Waals surface area contributed by atoms with Crippen molar-refractivity contribution < 1.29 is 12.9 Å². The van der Waals surface area contributed by atoms with Gasteiger partial charge < -0.3 is 9.84 Å². The number of nitrogens with zero attached hydrogens (tertiary/aromatic N) is 1. The molecule has 1 aromatic carbocycles. The molecule has 0 unspecified atom stereocenters. The predicted molar refractivity (Wildman–Crippen MR) is 85.2 cm³/mol. The Morgan fingerprint density at radius 3 is 2.50 bits per heavy atom. The van der Waals surface area contributed by atoms with Crippen molar-refractivity contribution in [2.75, 3.05) is 4.72 Å². The lowest BCUT2D eigenvalue weighted by atomic mass is 10.2. The maximum absolute atomic E-state index is 12.6. The summed E-state index contributed by atoms with van der Waals surface area (Å²) in [4.78, 5) is 0.0964. The normalized spacial score (nSPS) is 11.9. The largest absolute Gasteiger partial charge is 0.360 e. The van der Waals surface area contributed by atoms with Crippen molar-refractivity contribution in [1.82, 2.24) is 10.5 Å². The second kappa shape index (κ2) is 6.50. The molecule has 2 rings (SSSR count). The topological polar surface area (TPSA) is 84.2 Å². The average Bonchev–Trinajstić information content (AvgIpc) is 2.77. The molecule has 0 bridgehead atoms. The zero-order valence-electron chi connectivity index (χ0n) is 13.2. The van der Waals surface area contributed by atoms with Crippen LogP contribution in [0.5, 0.6) is 0 Å². The third kappa shape index (κ3) is 3.66. The molecular formula is C15H21N3O3S. The molecule has 0 fully saturated rings. The van der Waals surface area contributed by atoms with Crippen molar-refractivity contribution in [2.45, 2.75) is 45.2 Å². The van der Waals surface area contributed by atoms with Gasteiger partial charge in [-0.1, -0.05) is 37.2 Å². The highest BCUT2D eigenvalue weighted by Gasteiger charge is 2.24. The van der Waals surface area contributed by atoms with Crippen LogP contribution in [0.1, 0.15) is 30.9 Å². The number of aryl methyl sites for hydroxylation is 2. The van der Waals surface area contributed by atoms with E-state index in [1.165, 1.54) is 0 Å². The van der Waals surface area contributed by atoms with Crippen LogP contribution in [0, 0.1) is 13.8 Å². The Kier molecular flexibility index (Phi) is 4.87. The second-order valence-corrected chi connectivity index (χ2v) is 7.07. The van der Waals surface area contributed by atoms with E-state index in [-0.39, 0.29) is 10.7 Å². The summed E-state index contributed by atoms with van der Waals surface area (Å²) in [6.07, 6.45) is 0. The maximum Gasteiger partial charge on any atom is 0.267 e. The molecule has 0 radical (unpaired) electrons. The fourth-order valence-corrected chi connectivity index (χ4v) is 3.57. The van der Waals surface area contributed by atoms with Gasteiger partial charge in [-0.3, -0.25) is 4.72 Å². The van der Waals surface area contributed by atoms with E-state index in [1.54, 1.807) is 26.0 Å². The molecular weight excluding hydrogens is 302 g/mol. The predicted octanol–water partition coefficient (Wildman–Crippen LogP) is 2.59. The van der Waals surface area contributed by atoms with Gasteiger partial charge in [-0.25, -0.2) is 8.42 Å². The summed E-state index contributed by atoms with van der Waals surface area (Å²) >= 11 is 0. The number of benzene rings is 1. The van der Waals surface area contributed by atoms with Gasteiger partial charge in [0.1, 0.15) is 5.69 Å². The van der Waals surface area contributed by atoms with Crippen LogP contribution in [-0.2, 0) is 16.6 Å². The van der Waals surface area contributed by atoms with Gasteiger partial charge in [0, 0.05) is 12.6 Å². The van der Waals surface area contributed by atoms with Gasteiger partial charge in [0.25, 0.3) is 10.0 Å². The SMILES string of the molecule is Cc1noc(C)c1S(=O)(=O)Nc1ccccc1CNC(C)C. The van der Waals surface area contributed by atoms with Crippen LogP contribution in [0.2, 0.25) is 0 Å². The van der Waals surface area contributed by atoms with Crippen molar-refractivity contribution >= 4 is 15.7 Å². The summed E-state index contributed by atoms with van der Waals surface area (Å²) in [6.45, 7) is 7.85. The highest BCUT2D eigenvalue weighted by Crippen LogP contribution is 2.24. The number of aromatic nitrogens is 1. The molecule has 2 aromatic rings. The van der Waals surface area contributed by atoms with Crippen LogP contribution in [0.4, 0.5) is 5.69 Å². The zero-order valence-corrected chi connectivity index (χ0v) is 14.0. The van der Waals surface area contributed by atoms with Crippen molar-refractivity contribution in [3.05, 3.63) is 41.3 Å². The van der Waals surface area contributed by atoms with E-state index in [9.17, 15) is 8.42 Å². The van der Waals surface area contributed by atoms with Gasteiger partial charge in [0.2, 0.25) is 0 Å². The Morgan fingerprint density at radius 1 is 1.23 bits per heavy atom. The van der Waals surface area contributed by atoms with Crippen LogP contribution < -0.4 is 10.0 Å². The molecule has 22 heavy (non-hydrogen) atoms. The molecule has 0 saturated carbocycles. The molecule has 0 aliphatic rings. The Bertz CT molecular complexity index is 732. The number of para-hydroxylation sites is 1. The molecule has 1 heterocycles. The summed E-state index contributed by atoms with van der Waals surface area (Å²) in [7, 11) is -3.73. The molecule has 120 valence electrons. The maximum atomic E-state index is 12.6. The second-order valence-electron chi connectivity index (χ2n) is 5.45. The van der Waals surface area contributed by atoms with Crippen LogP contribution in [0.15, 0.2) is 33.7 Å². The molecule has 0 spiro atoms. The highest BCUT2D eigenvalue weighted by molar-refractivity contribution is 7.92. The molecule has 6 nitrogen and oxygen atoms in total. The standard InChI is InChI=1S/C15H21N3O3S/c1-10(2)16-9-13-7-5-6-8-14(13)18-22(19,20)15-11(3)17-21-12(15)4/h5-8,10,16,18H,9H2,1-4H3. The summed E-state index contributed by atoms with van der Waals surface area (Å²) < 4.78 is 32.7. The third-order valence-electron chi connectivity index (χ3n) is 3.20. The van der Waals surface area contributed by atoms with E-state index in [0.717, 1.165) is 5.56 Å². The van der Waals surface area contributed by atoms with Crippen LogP contribution in [-0.4, -0.2) is 19.6 Å². The van der Waals surface area contributed by atoms with Crippen LogP contribution in [0.3, 0.4) is 0 Å². The first kappa shape index (κ1) is 16.5. The van der Waals surface area contributed by atoms with Gasteiger partial charge >= 0.3 is 0 Å². The minimum absolute atomic E-state index is 0.0964. The quantitative estimate of drug-likeness (QED) is 0.853. The van der Waals surface area contributed by atoms with Gasteiger partial charge in [0.05, 0.1) is 5.69 Å². The van der Waals surface area contributed by atoms with Gasteiger partial charge in [-0.2, -0.15) is 0 Å². The molecule has 0 aliphatic carbocycles. The number of hydrogen-bond donors (Lipinski definition) is 2. The highest BCUT2D eigenvalue weighted by atomic mass is 32.2. The summed E-state index contributed by atoms with van der Waals surface area (Å²) in [5, 5.41) is 6.98. The summed E-state index contributed by atoms with van der Waals surface area (Å²) in [6, 6.07) is 7.62. The first-order chi connectivity index (χ1) is 10.3. The molecule has 2 N–H and O–H groups in total. The van der Waals surface area contributed by atoms with Crippen molar-refractivity contribution in [3.63, 3.8) is 0 Å². The Balaban J connectivity index is 2.31. The Labute approximate surface area is 131 Å². The first-order valence-corrected chi connectivity index (χ1v) is 8.56. The zero-order chi connectivity index (χ0) is 16.3. The van der Waals surface area contributed by atoms with E-state index in [1.807, 2.05) is 26.0 Å². The van der Waals surface area contributed by atoms with Gasteiger partial charge in [-0.15, -0.1) is 0 Å². The smallest absolute Gasteiger partial charge is 0.267 e. The number of anilines is 1. The lowest BCUT2D eigenvalue weighted by Crippen LogP contribution is -2.23. The summed E-state index contributed by atoms with van der Waals surface area (Å²) in [5.74, 6) is 0.280. The molecule has 0 saturated heterocycles.